The van der Waals surface area contributed by atoms with E-state index in [0.717, 1.165) is 33.3 Å². The Morgan fingerprint density at radius 1 is 0.968 bits per heavy atom. The van der Waals surface area contributed by atoms with Gasteiger partial charge in [0.05, 0.1) is 10.9 Å². The predicted octanol–water partition coefficient (Wildman–Crippen LogP) is 5.54. The number of para-hydroxylation sites is 1. The summed E-state index contributed by atoms with van der Waals surface area (Å²) in [6.07, 6.45) is 1.86. The van der Waals surface area contributed by atoms with Gasteiger partial charge in [0.15, 0.2) is 0 Å². The van der Waals surface area contributed by atoms with Crippen LogP contribution in [0.2, 0.25) is 0 Å². The largest absolute Gasteiger partial charge is 0.357 e. The maximum atomic E-state index is 13.8. The molecule has 1 N–H and O–H groups in total. The van der Waals surface area contributed by atoms with E-state index in [1.807, 2.05) is 73.7 Å². The molecule has 2 heterocycles. The molecule has 4 aromatic rings. The molecular weight excluding hydrogens is 404 g/mol. The van der Waals surface area contributed by atoms with E-state index in [0.29, 0.717) is 11.4 Å². The molecule has 2 atom stereocenters. The van der Waals surface area contributed by atoms with Crippen molar-refractivity contribution in [1.29, 1.82) is 0 Å². The summed E-state index contributed by atoms with van der Waals surface area (Å²) in [5, 5.41) is 1.12. The molecular formula is C26H24N2O2S. The first kappa shape index (κ1) is 19.8. The number of H-pyrrole nitrogens is 1. The molecule has 0 unspecified atom stereocenters. The van der Waals surface area contributed by atoms with Gasteiger partial charge >= 0.3 is 0 Å². The number of hydrogen-bond donors (Lipinski definition) is 1. The van der Waals surface area contributed by atoms with Crippen molar-refractivity contribution in [2.45, 2.75) is 23.8 Å². The van der Waals surface area contributed by atoms with Gasteiger partial charge in [0.2, 0.25) is 10.0 Å². The van der Waals surface area contributed by atoms with Crippen LogP contribution in [0.15, 0.2) is 96.4 Å². The van der Waals surface area contributed by atoms with E-state index < -0.39 is 16.1 Å². The first-order valence-electron chi connectivity index (χ1n) is 10.4. The molecule has 0 fully saturated rings. The van der Waals surface area contributed by atoms with Crippen LogP contribution in [0.3, 0.4) is 0 Å². The normalized spacial score (nSPS) is 19.3. The van der Waals surface area contributed by atoms with Gasteiger partial charge in [-0.3, -0.25) is 0 Å². The van der Waals surface area contributed by atoms with Crippen LogP contribution in [0.1, 0.15) is 34.3 Å². The highest BCUT2D eigenvalue weighted by molar-refractivity contribution is 7.89. The zero-order chi connectivity index (χ0) is 21.6. The molecule has 31 heavy (non-hydrogen) atoms. The summed E-state index contributed by atoms with van der Waals surface area (Å²) in [6, 6.07) is 24.6. The fourth-order valence-corrected chi connectivity index (χ4v) is 6.19. The van der Waals surface area contributed by atoms with Gasteiger partial charge < -0.3 is 4.98 Å². The summed E-state index contributed by atoms with van der Waals surface area (Å²) in [6.45, 7) is 6.33. The van der Waals surface area contributed by atoms with Crippen molar-refractivity contribution in [2.24, 2.45) is 0 Å². The Balaban J connectivity index is 1.76. The summed E-state index contributed by atoms with van der Waals surface area (Å²) in [5.41, 5.74) is 5.02. The predicted molar refractivity (Wildman–Crippen MR) is 125 cm³/mol. The molecule has 0 saturated carbocycles. The second kappa shape index (κ2) is 7.52. The summed E-state index contributed by atoms with van der Waals surface area (Å²) < 4.78 is 29.3. The monoisotopic (exact) mass is 428 g/mol. The van der Waals surface area contributed by atoms with E-state index in [1.54, 1.807) is 16.4 Å². The minimum atomic E-state index is -3.73. The molecule has 4 nitrogen and oxygen atoms in total. The number of benzene rings is 3. The van der Waals surface area contributed by atoms with Gasteiger partial charge in [-0.05, 0) is 36.2 Å². The molecule has 0 aliphatic carbocycles. The molecule has 1 aromatic heterocycles. The minimum absolute atomic E-state index is 0.105. The maximum Gasteiger partial charge on any atom is 0.244 e. The Bertz CT molecular complexity index is 1360. The first-order valence-corrected chi connectivity index (χ1v) is 11.8. The Morgan fingerprint density at radius 3 is 2.35 bits per heavy atom. The lowest BCUT2D eigenvalue weighted by molar-refractivity contribution is 0.327. The number of nitrogens with one attached hydrogen (secondary N) is 1. The van der Waals surface area contributed by atoms with Crippen LogP contribution >= 0.6 is 0 Å². The Hall–Kier alpha value is -3.15. The molecule has 0 radical (unpaired) electrons. The van der Waals surface area contributed by atoms with Crippen LogP contribution in [0, 0.1) is 6.92 Å². The van der Waals surface area contributed by atoms with Gasteiger partial charge in [-0.1, -0.05) is 72.3 Å². The molecule has 1 aliphatic heterocycles. The van der Waals surface area contributed by atoms with Crippen molar-refractivity contribution < 1.29 is 8.42 Å². The lowest BCUT2D eigenvalue weighted by Crippen LogP contribution is -2.42. The van der Waals surface area contributed by atoms with E-state index in [1.165, 1.54) is 0 Å². The van der Waals surface area contributed by atoms with Crippen molar-refractivity contribution in [3.05, 3.63) is 114 Å². The fraction of sp³-hybridized carbons (Fsp3) is 0.154. The van der Waals surface area contributed by atoms with Crippen molar-refractivity contribution in [3.63, 3.8) is 0 Å². The fourth-order valence-electron chi connectivity index (χ4n) is 4.58. The maximum absolute atomic E-state index is 13.8. The highest BCUT2D eigenvalue weighted by Gasteiger charge is 2.42. The van der Waals surface area contributed by atoms with E-state index >= 15 is 0 Å². The molecule has 0 saturated heterocycles. The number of aromatic nitrogens is 1. The lowest BCUT2D eigenvalue weighted by Gasteiger charge is -2.38. The highest BCUT2D eigenvalue weighted by atomic mass is 32.2. The summed E-state index contributed by atoms with van der Waals surface area (Å²) >= 11 is 0. The zero-order valence-corrected chi connectivity index (χ0v) is 18.1. The third-order valence-corrected chi connectivity index (χ3v) is 7.96. The van der Waals surface area contributed by atoms with Crippen molar-refractivity contribution in [3.8, 4) is 0 Å². The standard InChI is InChI=1S/C26H24N2O2S/c1-3-19-17-28(31(29,30)21-15-13-18(2)14-16-21)26(20-9-5-4-6-10-20)25-24(19)22-11-7-8-12-23(22)27-25/h3-16,19,26-27H,1,17H2,2H3/t19-,26-/m0/s1. The number of sulfonamides is 1. The highest BCUT2D eigenvalue weighted by Crippen LogP contribution is 2.45. The number of aromatic amines is 1. The molecule has 0 amide bonds. The van der Waals surface area contributed by atoms with E-state index in [2.05, 4.69) is 17.6 Å². The molecule has 0 bridgehead atoms. The van der Waals surface area contributed by atoms with Crippen LogP contribution in [0.5, 0.6) is 0 Å². The smallest absolute Gasteiger partial charge is 0.244 e. The molecule has 5 rings (SSSR count). The quantitative estimate of drug-likeness (QED) is 0.434. The number of nitrogens with zero attached hydrogens (tertiary/aromatic N) is 1. The average Bonchev–Trinajstić information content (AvgIpc) is 3.18. The van der Waals surface area contributed by atoms with Gasteiger partial charge in [-0.15, -0.1) is 6.58 Å². The Morgan fingerprint density at radius 2 is 1.65 bits per heavy atom. The molecule has 5 heteroatoms. The average molecular weight is 429 g/mol. The molecule has 3 aromatic carbocycles. The first-order chi connectivity index (χ1) is 15.0. The van der Waals surface area contributed by atoms with Crippen molar-refractivity contribution in [1.82, 2.24) is 9.29 Å². The van der Waals surface area contributed by atoms with Crippen LogP contribution in [-0.2, 0) is 10.0 Å². The van der Waals surface area contributed by atoms with Gasteiger partial charge in [0.1, 0.15) is 0 Å². The summed E-state index contributed by atoms with van der Waals surface area (Å²) in [4.78, 5) is 3.84. The van der Waals surface area contributed by atoms with Gasteiger partial charge in [-0.25, -0.2) is 8.42 Å². The molecule has 1 aliphatic rings. The van der Waals surface area contributed by atoms with Gasteiger partial charge in [-0.2, -0.15) is 4.31 Å². The summed E-state index contributed by atoms with van der Waals surface area (Å²) in [7, 11) is -3.73. The van der Waals surface area contributed by atoms with Crippen LogP contribution in [-0.4, -0.2) is 24.3 Å². The topological polar surface area (TPSA) is 53.2 Å². The van der Waals surface area contributed by atoms with Gasteiger partial charge in [0.25, 0.3) is 0 Å². The van der Waals surface area contributed by atoms with Crippen LogP contribution < -0.4 is 0 Å². The third kappa shape index (κ3) is 3.21. The van der Waals surface area contributed by atoms with E-state index in [9.17, 15) is 8.42 Å². The zero-order valence-electron chi connectivity index (χ0n) is 17.3. The van der Waals surface area contributed by atoms with Gasteiger partial charge in [0, 0.05) is 29.1 Å². The second-order valence-corrected chi connectivity index (χ2v) is 9.93. The molecule has 0 spiro atoms. The van der Waals surface area contributed by atoms with Crippen LogP contribution in [0.4, 0.5) is 0 Å². The Labute approximate surface area is 182 Å². The summed E-state index contributed by atoms with van der Waals surface area (Å²) in [5.74, 6) is -0.105. The Kier molecular flexibility index (Phi) is 4.80. The number of aryl methyl sites for hydroxylation is 1. The van der Waals surface area contributed by atoms with Crippen molar-refractivity contribution >= 4 is 20.9 Å². The minimum Gasteiger partial charge on any atom is -0.357 e. The second-order valence-electron chi connectivity index (χ2n) is 8.04. The lowest BCUT2D eigenvalue weighted by atomic mass is 9.87. The number of fused-ring (bicyclic) bond motifs is 3. The third-order valence-electron chi connectivity index (χ3n) is 6.11. The van der Waals surface area contributed by atoms with Crippen LogP contribution in [0.25, 0.3) is 10.9 Å². The van der Waals surface area contributed by atoms with E-state index in [-0.39, 0.29) is 5.92 Å². The van der Waals surface area contributed by atoms with E-state index in [4.69, 9.17) is 0 Å². The number of hydrogen-bond acceptors (Lipinski definition) is 2. The number of rotatable bonds is 4. The SMILES string of the molecule is C=C[C@H]1CN(S(=O)(=O)c2ccc(C)cc2)[C@@H](c2ccccc2)c2[nH]c3ccccc3c21. The molecule has 156 valence electrons. The van der Waals surface area contributed by atoms with Crippen molar-refractivity contribution in [2.75, 3.05) is 6.54 Å².